The Hall–Kier alpha value is -4.26. The average molecular weight is 559 g/mol. The van der Waals surface area contributed by atoms with Crippen molar-refractivity contribution in [1.29, 1.82) is 0 Å². The van der Waals surface area contributed by atoms with Crippen LogP contribution in [0, 0.1) is 5.82 Å². The van der Waals surface area contributed by atoms with Crippen LogP contribution in [0.2, 0.25) is 0 Å². The molecule has 0 aliphatic rings. The van der Waals surface area contributed by atoms with Gasteiger partial charge in [-0.1, -0.05) is 26.0 Å². The zero-order valence-corrected chi connectivity index (χ0v) is 22.3. The third-order valence-electron chi connectivity index (χ3n) is 6.37. The Morgan fingerprint density at radius 3 is 2.45 bits per heavy atom. The van der Waals surface area contributed by atoms with Gasteiger partial charge in [-0.2, -0.15) is 23.3 Å². The number of amides is 2. The summed E-state index contributed by atoms with van der Waals surface area (Å²) in [5.74, 6) is -0.468. The van der Waals surface area contributed by atoms with Crippen LogP contribution >= 0.6 is 0 Å². The van der Waals surface area contributed by atoms with Gasteiger partial charge in [0.2, 0.25) is 5.95 Å². The van der Waals surface area contributed by atoms with Gasteiger partial charge in [0.1, 0.15) is 11.5 Å². The fourth-order valence-corrected chi connectivity index (χ4v) is 4.17. The molecule has 0 unspecified atom stereocenters. The monoisotopic (exact) mass is 558 g/mol. The Kier molecular flexibility index (Phi) is 8.83. The first-order chi connectivity index (χ1) is 19.1. The molecule has 0 fully saturated rings. The van der Waals surface area contributed by atoms with Gasteiger partial charge in [0.15, 0.2) is 5.65 Å². The van der Waals surface area contributed by atoms with Crippen molar-refractivity contribution in [3.8, 4) is 11.3 Å². The number of nitrogens with zero attached hydrogens (tertiary/aromatic N) is 5. The minimum Gasteiger partial charge on any atom is -0.354 e. The lowest BCUT2D eigenvalue weighted by Gasteiger charge is -2.17. The first-order valence-corrected chi connectivity index (χ1v) is 12.8. The molecule has 4 rings (SSSR count). The largest absolute Gasteiger partial charge is 0.416 e. The van der Waals surface area contributed by atoms with Crippen LogP contribution in [0.5, 0.6) is 0 Å². The van der Waals surface area contributed by atoms with Crippen LogP contribution in [0.15, 0.2) is 48.7 Å². The molecule has 0 saturated carbocycles. The summed E-state index contributed by atoms with van der Waals surface area (Å²) in [5, 5.41) is 13.2. The molecule has 0 aliphatic carbocycles. The van der Waals surface area contributed by atoms with E-state index in [1.54, 1.807) is 42.2 Å². The molecule has 9 nitrogen and oxygen atoms in total. The van der Waals surface area contributed by atoms with Gasteiger partial charge in [0.05, 0.1) is 16.6 Å². The summed E-state index contributed by atoms with van der Waals surface area (Å²) < 4.78 is 54.4. The van der Waals surface area contributed by atoms with E-state index in [2.05, 4.69) is 49.8 Å². The Morgan fingerprint density at radius 1 is 1.05 bits per heavy atom. The first-order valence-electron chi connectivity index (χ1n) is 12.8. The number of nitrogens with one attached hydrogen (secondary N) is 3. The summed E-state index contributed by atoms with van der Waals surface area (Å²) in [6, 6.07) is 7.56. The Morgan fingerprint density at radius 2 is 1.77 bits per heavy atom. The average Bonchev–Trinajstić information content (AvgIpc) is 3.25. The smallest absolute Gasteiger partial charge is 0.354 e. The number of aromatic nitrogens is 4. The standard InChI is InChI=1S/C27H30F4N8O/c1-4-39(5-2)14-6-13-32-25-33-16-20-23(37-38(3)24(20)36-25)17-7-10-19(11-8-17)34-26(40)35-22-15-18(27(29,30)31)9-12-21(22)28/h7-12,15-16H,4-6,13-14H2,1-3H3,(H,32,33,36)(H2,34,35,40). The molecular weight excluding hydrogens is 528 g/mol. The molecule has 3 N–H and O–H groups in total. The number of carbonyl (C=O) groups excluding carboxylic acids is 1. The first kappa shape index (κ1) is 28.7. The molecule has 0 aliphatic heterocycles. The van der Waals surface area contributed by atoms with Crippen molar-refractivity contribution in [2.45, 2.75) is 26.4 Å². The van der Waals surface area contributed by atoms with Crippen molar-refractivity contribution in [3.05, 3.63) is 60.0 Å². The lowest BCUT2D eigenvalue weighted by molar-refractivity contribution is -0.137. The number of fused-ring (bicyclic) bond motifs is 1. The molecule has 212 valence electrons. The molecule has 2 heterocycles. The van der Waals surface area contributed by atoms with E-state index in [4.69, 9.17) is 0 Å². The van der Waals surface area contributed by atoms with Crippen molar-refractivity contribution in [2.75, 3.05) is 42.1 Å². The van der Waals surface area contributed by atoms with Crippen LogP contribution in [0.25, 0.3) is 22.3 Å². The molecule has 40 heavy (non-hydrogen) atoms. The lowest BCUT2D eigenvalue weighted by Crippen LogP contribution is -2.25. The summed E-state index contributed by atoms with van der Waals surface area (Å²) >= 11 is 0. The molecule has 13 heteroatoms. The number of urea groups is 1. The van der Waals surface area contributed by atoms with Crippen molar-refractivity contribution < 1.29 is 22.4 Å². The summed E-state index contributed by atoms with van der Waals surface area (Å²) in [6.45, 7) is 8.05. The highest BCUT2D eigenvalue weighted by Gasteiger charge is 2.31. The molecule has 0 spiro atoms. The molecular formula is C27H30F4N8O. The van der Waals surface area contributed by atoms with Gasteiger partial charge in [-0.15, -0.1) is 0 Å². The third-order valence-corrected chi connectivity index (χ3v) is 6.37. The van der Waals surface area contributed by atoms with Crippen LogP contribution in [-0.4, -0.2) is 56.9 Å². The fraction of sp³-hybridized carbons (Fsp3) is 0.333. The Labute approximate surface area is 228 Å². The summed E-state index contributed by atoms with van der Waals surface area (Å²) in [5.41, 5.74) is 0.735. The summed E-state index contributed by atoms with van der Waals surface area (Å²) in [6.07, 6.45) is -1.99. The van der Waals surface area contributed by atoms with E-state index in [9.17, 15) is 22.4 Å². The quantitative estimate of drug-likeness (QED) is 0.164. The van der Waals surface area contributed by atoms with Crippen molar-refractivity contribution in [2.24, 2.45) is 7.05 Å². The van der Waals surface area contributed by atoms with Gasteiger partial charge in [0.25, 0.3) is 0 Å². The lowest BCUT2D eigenvalue weighted by atomic mass is 10.1. The van der Waals surface area contributed by atoms with Crippen molar-refractivity contribution in [3.63, 3.8) is 0 Å². The highest BCUT2D eigenvalue weighted by atomic mass is 19.4. The number of anilines is 3. The van der Waals surface area contributed by atoms with E-state index in [1.807, 2.05) is 0 Å². The van der Waals surface area contributed by atoms with Crippen LogP contribution in [0.3, 0.4) is 0 Å². The molecule has 2 aromatic carbocycles. The van der Waals surface area contributed by atoms with E-state index in [-0.39, 0.29) is 0 Å². The Balaban J connectivity index is 1.41. The predicted octanol–water partition coefficient (Wildman–Crippen LogP) is 5.98. The maximum absolute atomic E-state index is 14.0. The van der Waals surface area contributed by atoms with E-state index < -0.39 is 29.3 Å². The van der Waals surface area contributed by atoms with E-state index >= 15 is 0 Å². The highest BCUT2D eigenvalue weighted by molar-refractivity contribution is 6.00. The molecule has 0 bridgehead atoms. The number of alkyl halides is 3. The normalized spacial score (nSPS) is 11.7. The topological polar surface area (TPSA) is 100 Å². The van der Waals surface area contributed by atoms with Crippen LogP contribution in [0.1, 0.15) is 25.8 Å². The third kappa shape index (κ3) is 6.84. The van der Waals surface area contributed by atoms with Gasteiger partial charge in [-0.3, -0.25) is 0 Å². The molecule has 2 aromatic heterocycles. The van der Waals surface area contributed by atoms with Gasteiger partial charge < -0.3 is 20.9 Å². The number of benzene rings is 2. The van der Waals surface area contributed by atoms with Crippen LogP contribution < -0.4 is 16.0 Å². The highest BCUT2D eigenvalue weighted by Crippen LogP contribution is 2.32. The minimum absolute atomic E-state index is 0.348. The zero-order valence-electron chi connectivity index (χ0n) is 22.3. The van der Waals surface area contributed by atoms with Gasteiger partial charge >= 0.3 is 12.2 Å². The van der Waals surface area contributed by atoms with Gasteiger partial charge in [0, 0.05) is 31.0 Å². The predicted molar refractivity (Wildman–Crippen MR) is 147 cm³/mol. The van der Waals surface area contributed by atoms with E-state index in [0.29, 0.717) is 41.2 Å². The molecule has 2 amide bonds. The van der Waals surface area contributed by atoms with Crippen molar-refractivity contribution >= 4 is 34.4 Å². The number of hydrogen-bond donors (Lipinski definition) is 3. The van der Waals surface area contributed by atoms with Gasteiger partial charge in [-0.05, 0) is 56.4 Å². The van der Waals surface area contributed by atoms with E-state index in [1.165, 1.54) is 0 Å². The molecule has 0 atom stereocenters. The number of halogens is 4. The fourth-order valence-electron chi connectivity index (χ4n) is 4.17. The molecule has 4 aromatic rings. The summed E-state index contributed by atoms with van der Waals surface area (Å²) in [7, 11) is 1.79. The van der Waals surface area contributed by atoms with Crippen molar-refractivity contribution in [1.82, 2.24) is 24.6 Å². The van der Waals surface area contributed by atoms with Crippen LogP contribution in [-0.2, 0) is 13.2 Å². The molecule has 0 saturated heterocycles. The number of rotatable bonds is 10. The Bertz CT molecular complexity index is 1470. The van der Waals surface area contributed by atoms with Crippen LogP contribution in [0.4, 0.5) is 39.7 Å². The zero-order chi connectivity index (χ0) is 28.9. The maximum atomic E-state index is 14.0. The minimum atomic E-state index is -4.67. The second-order valence-electron chi connectivity index (χ2n) is 9.06. The van der Waals surface area contributed by atoms with E-state index in [0.717, 1.165) is 43.5 Å². The van der Waals surface area contributed by atoms with Gasteiger partial charge in [-0.25, -0.2) is 18.9 Å². The second kappa shape index (κ2) is 12.3. The number of hydrogen-bond acceptors (Lipinski definition) is 6. The molecule has 0 radical (unpaired) electrons. The number of aryl methyl sites for hydroxylation is 1. The summed E-state index contributed by atoms with van der Waals surface area (Å²) in [4.78, 5) is 23.7. The maximum Gasteiger partial charge on any atom is 0.416 e. The SMILES string of the molecule is CCN(CC)CCCNc1ncc2c(-c3ccc(NC(=O)Nc4cc(C(F)(F)F)ccc4F)cc3)nn(C)c2n1. The number of carbonyl (C=O) groups is 1. The second-order valence-corrected chi connectivity index (χ2v) is 9.06.